The minimum absolute atomic E-state index is 0.140. The van der Waals surface area contributed by atoms with Crippen LogP contribution >= 0.6 is 11.3 Å². The van der Waals surface area contributed by atoms with E-state index in [0.717, 1.165) is 43.9 Å². The molecular weight excluding hydrogens is 799 g/mol. The van der Waals surface area contributed by atoms with Gasteiger partial charge in [0.05, 0.1) is 16.6 Å². The molecule has 64 heavy (non-hydrogen) atoms. The molecule has 1 aliphatic carbocycles. The third-order valence-electron chi connectivity index (χ3n) is 13.2. The molecule has 4 heterocycles. The first kappa shape index (κ1) is 36.7. The van der Waals surface area contributed by atoms with Crippen LogP contribution < -0.4 is 4.90 Å². The van der Waals surface area contributed by atoms with Crippen molar-refractivity contribution < 1.29 is 0 Å². The van der Waals surface area contributed by atoms with Gasteiger partial charge in [0.2, 0.25) is 0 Å². The number of benzene rings is 8. The minimum Gasteiger partial charge on any atom is -0.330 e. The minimum atomic E-state index is -0.370. The third kappa shape index (κ3) is 5.59. The number of allylic oxidation sites excluding steroid dienone is 2. The molecule has 5 nitrogen and oxygen atoms in total. The molecule has 0 saturated carbocycles. The van der Waals surface area contributed by atoms with Gasteiger partial charge in [-0.05, 0) is 72.6 Å². The Morgan fingerprint density at radius 3 is 1.89 bits per heavy atom. The number of fused-ring (bicyclic) bond motifs is 9. The highest BCUT2D eigenvalue weighted by Gasteiger charge is 2.48. The van der Waals surface area contributed by atoms with Crippen LogP contribution in [0.15, 0.2) is 212 Å². The van der Waals surface area contributed by atoms with Crippen LogP contribution in [0.3, 0.4) is 0 Å². The largest absolute Gasteiger partial charge is 0.330 e. The molecule has 11 aromatic rings. The zero-order valence-corrected chi connectivity index (χ0v) is 35.7. The Kier molecular flexibility index (Phi) is 8.21. The van der Waals surface area contributed by atoms with Crippen molar-refractivity contribution in [3.05, 3.63) is 218 Å². The van der Waals surface area contributed by atoms with Gasteiger partial charge in [0, 0.05) is 76.2 Å². The maximum Gasteiger partial charge on any atom is 0.165 e. The van der Waals surface area contributed by atoms with Gasteiger partial charge in [-0.15, -0.1) is 11.3 Å². The predicted octanol–water partition coefficient (Wildman–Crippen LogP) is 15.1. The van der Waals surface area contributed by atoms with Gasteiger partial charge in [-0.2, -0.15) is 0 Å². The summed E-state index contributed by atoms with van der Waals surface area (Å²) in [6, 6.07) is 67.3. The summed E-state index contributed by atoms with van der Waals surface area (Å²) in [4.78, 5) is 18.2. The highest BCUT2D eigenvalue weighted by Crippen LogP contribution is 2.57. The van der Waals surface area contributed by atoms with E-state index in [-0.39, 0.29) is 11.5 Å². The van der Waals surface area contributed by atoms with Crippen molar-refractivity contribution in [1.29, 1.82) is 0 Å². The zero-order valence-electron chi connectivity index (χ0n) is 34.9. The van der Waals surface area contributed by atoms with Crippen molar-refractivity contribution in [3.63, 3.8) is 0 Å². The number of hydrogen-bond acceptors (Lipinski definition) is 5. The Balaban J connectivity index is 1.07. The molecule has 0 radical (unpaired) electrons. The van der Waals surface area contributed by atoms with Crippen molar-refractivity contribution >= 4 is 64.7 Å². The number of anilines is 2. The quantitative estimate of drug-likeness (QED) is 0.167. The molecular formula is C58H39N5S. The highest BCUT2D eigenvalue weighted by atomic mass is 32.1. The lowest BCUT2D eigenvalue weighted by atomic mass is 9.80. The van der Waals surface area contributed by atoms with Crippen molar-refractivity contribution in [2.45, 2.75) is 18.4 Å². The molecule has 0 N–H and O–H groups in total. The first-order chi connectivity index (χ1) is 31.6. The van der Waals surface area contributed by atoms with Crippen molar-refractivity contribution in [3.8, 4) is 51.0 Å². The standard InChI is InChI=1S/C58H39N5S/c1-58-32-18-17-28-48(58)46-35-44-42-26-12-14-29-49(42)62(40-23-9-4-10-24-40)51(44)36-52(46)63(58)50-30-15-11-25-41(50)39-33-45-43-27-13-16-31-53(43)64-54(45)47(34-39)57-60-55(37-19-5-2-6-20-37)59-56(61-57)38-21-7-3-8-22-38/h2-36,48H,1H3. The van der Waals surface area contributed by atoms with Crippen LogP contribution in [0, 0.1) is 0 Å². The number of aromatic nitrogens is 4. The zero-order chi connectivity index (χ0) is 42.4. The van der Waals surface area contributed by atoms with Crippen molar-refractivity contribution in [2.75, 3.05) is 4.90 Å². The average Bonchev–Trinajstić information content (AvgIpc) is 3.98. The van der Waals surface area contributed by atoms with Gasteiger partial charge in [0.1, 0.15) is 0 Å². The molecule has 6 heteroatoms. The number of para-hydroxylation sites is 3. The van der Waals surface area contributed by atoms with Gasteiger partial charge in [-0.1, -0.05) is 158 Å². The van der Waals surface area contributed by atoms with Crippen LogP contribution in [0.2, 0.25) is 0 Å². The topological polar surface area (TPSA) is 46.8 Å². The molecule has 2 unspecified atom stereocenters. The first-order valence-corrected chi connectivity index (χ1v) is 22.6. The van der Waals surface area contributed by atoms with Crippen LogP contribution in [0.4, 0.5) is 11.4 Å². The van der Waals surface area contributed by atoms with Crippen LogP contribution in [-0.4, -0.2) is 25.1 Å². The Labute approximate surface area is 374 Å². The van der Waals surface area contributed by atoms with E-state index in [0.29, 0.717) is 17.5 Å². The first-order valence-electron chi connectivity index (χ1n) is 21.8. The normalized spacial score (nSPS) is 16.6. The second-order valence-corrected chi connectivity index (χ2v) is 18.0. The Morgan fingerprint density at radius 1 is 0.484 bits per heavy atom. The van der Waals surface area contributed by atoms with Crippen molar-refractivity contribution in [1.82, 2.24) is 19.5 Å². The van der Waals surface area contributed by atoms with E-state index in [1.54, 1.807) is 11.3 Å². The summed E-state index contributed by atoms with van der Waals surface area (Å²) in [5.74, 6) is 2.08. The van der Waals surface area contributed by atoms with Gasteiger partial charge in [-0.25, -0.2) is 15.0 Å². The highest BCUT2D eigenvalue weighted by molar-refractivity contribution is 7.26. The second kappa shape index (κ2) is 14.3. The van der Waals surface area contributed by atoms with E-state index in [4.69, 9.17) is 15.0 Å². The molecule has 2 aliphatic rings. The molecule has 8 aromatic carbocycles. The molecule has 0 bridgehead atoms. The Hall–Kier alpha value is -7.93. The summed E-state index contributed by atoms with van der Waals surface area (Å²) < 4.78 is 4.81. The van der Waals surface area contributed by atoms with E-state index < -0.39 is 0 Å². The molecule has 0 spiro atoms. The second-order valence-electron chi connectivity index (χ2n) is 17.0. The maximum absolute atomic E-state index is 5.28. The van der Waals surface area contributed by atoms with E-state index in [9.17, 15) is 0 Å². The molecule has 0 fully saturated rings. The maximum atomic E-state index is 5.28. The molecule has 302 valence electrons. The average molecular weight is 838 g/mol. The Morgan fingerprint density at radius 2 is 1.12 bits per heavy atom. The van der Waals surface area contributed by atoms with E-state index in [2.05, 4.69) is 192 Å². The number of rotatable bonds is 6. The van der Waals surface area contributed by atoms with Gasteiger partial charge >= 0.3 is 0 Å². The summed E-state index contributed by atoms with van der Waals surface area (Å²) in [5.41, 5.74) is 12.0. The van der Waals surface area contributed by atoms with E-state index in [1.165, 1.54) is 48.5 Å². The summed E-state index contributed by atoms with van der Waals surface area (Å²) in [6.45, 7) is 2.39. The van der Waals surface area contributed by atoms with Crippen LogP contribution in [0.5, 0.6) is 0 Å². The van der Waals surface area contributed by atoms with Crippen LogP contribution in [0.1, 0.15) is 18.4 Å². The molecule has 0 saturated heterocycles. The number of hydrogen-bond donors (Lipinski definition) is 0. The molecule has 13 rings (SSSR count). The molecule has 0 amide bonds. The van der Waals surface area contributed by atoms with E-state index in [1.807, 2.05) is 36.4 Å². The fourth-order valence-corrected chi connectivity index (χ4v) is 11.5. The summed E-state index contributed by atoms with van der Waals surface area (Å²) >= 11 is 1.80. The molecule has 1 aliphatic heterocycles. The lowest BCUT2D eigenvalue weighted by Gasteiger charge is -2.40. The third-order valence-corrected chi connectivity index (χ3v) is 14.5. The van der Waals surface area contributed by atoms with Crippen LogP contribution in [-0.2, 0) is 0 Å². The summed E-state index contributed by atoms with van der Waals surface area (Å²) in [5, 5.41) is 4.93. The summed E-state index contributed by atoms with van der Waals surface area (Å²) in [7, 11) is 0. The number of nitrogens with zero attached hydrogens (tertiary/aromatic N) is 5. The molecule has 2 atom stereocenters. The predicted molar refractivity (Wildman–Crippen MR) is 267 cm³/mol. The SMILES string of the molecule is CC12C=CC=CC1c1cc3c4ccccc4n(-c4ccccc4)c3cc1N2c1ccccc1-c1cc(-c2nc(-c3ccccc3)nc(-c3ccccc3)n2)c2sc3ccccc3c2c1. The van der Waals surface area contributed by atoms with E-state index >= 15 is 0 Å². The fourth-order valence-electron chi connectivity index (χ4n) is 10.3. The molecule has 3 aromatic heterocycles. The lowest BCUT2D eigenvalue weighted by Crippen LogP contribution is -2.42. The van der Waals surface area contributed by atoms with Crippen LogP contribution in [0.25, 0.3) is 93.0 Å². The van der Waals surface area contributed by atoms with Crippen molar-refractivity contribution in [2.24, 2.45) is 0 Å². The summed E-state index contributed by atoms with van der Waals surface area (Å²) in [6.07, 6.45) is 9.21. The lowest BCUT2D eigenvalue weighted by molar-refractivity contribution is 0.542. The Bertz CT molecular complexity index is 3640. The van der Waals surface area contributed by atoms with Gasteiger partial charge < -0.3 is 9.47 Å². The van der Waals surface area contributed by atoms with Gasteiger partial charge in [0.15, 0.2) is 17.5 Å². The van der Waals surface area contributed by atoms with Gasteiger partial charge in [0.25, 0.3) is 0 Å². The fraction of sp³-hybridized carbons (Fsp3) is 0.0517. The van der Waals surface area contributed by atoms with Gasteiger partial charge in [-0.3, -0.25) is 0 Å². The smallest absolute Gasteiger partial charge is 0.165 e. The number of thiophene rings is 1. The monoisotopic (exact) mass is 837 g/mol.